The average Bonchev–Trinajstić information content (AvgIpc) is 2.13. The first-order valence-corrected chi connectivity index (χ1v) is 3.82. The van der Waals surface area contributed by atoms with E-state index in [1.165, 1.54) is 13.0 Å². The summed E-state index contributed by atoms with van der Waals surface area (Å²) >= 11 is 0. The Balaban J connectivity index is 1.85. The molecule has 2 saturated heterocycles. The van der Waals surface area contributed by atoms with Crippen LogP contribution in [-0.2, 0) is 4.74 Å². The van der Waals surface area contributed by atoms with E-state index in [9.17, 15) is 0 Å². The van der Waals surface area contributed by atoms with Gasteiger partial charge < -0.3 is 10.1 Å². The fourth-order valence-electron chi connectivity index (χ4n) is 2.49. The first-order chi connectivity index (χ1) is 4.47. The maximum atomic E-state index is 5.55. The highest BCUT2D eigenvalue weighted by Gasteiger charge is 2.58. The van der Waals surface area contributed by atoms with E-state index in [0.717, 1.165) is 24.5 Å². The van der Waals surface area contributed by atoms with Gasteiger partial charge in [-0.05, 0) is 6.42 Å². The van der Waals surface area contributed by atoms with Crippen molar-refractivity contribution in [3.63, 3.8) is 0 Å². The van der Waals surface area contributed by atoms with Gasteiger partial charge in [-0.15, -0.1) is 0 Å². The van der Waals surface area contributed by atoms with Gasteiger partial charge in [0.05, 0.1) is 6.10 Å². The number of fused-ring (bicyclic) bond motifs is 4. The number of rotatable bonds is 0. The Morgan fingerprint density at radius 3 is 3.00 bits per heavy atom. The first-order valence-electron chi connectivity index (χ1n) is 3.82. The van der Waals surface area contributed by atoms with E-state index < -0.39 is 0 Å². The van der Waals surface area contributed by atoms with Crippen LogP contribution < -0.4 is 5.32 Å². The zero-order valence-electron chi connectivity index (χ0n) is 5.34. The van der Waals surface area contributed by atoms with Gasteiger partial charge in [0, 0.05) is 31.0 Å². The molecule has 2 heterocycles. The van der Waals surface area contributed by atoms with Crippen molar-refractivity contribution < 1.29 is 4.74 Å². The number of hydrogen-bond donors (Lipinski definition) is 1. The highest BCUT2D eigenvalue weighted by Crippen LogP contribution is 2.47. The van der Waals surface area contributed by atoms with E-state index in [4.69, 9.17) is 4.74 Å². The van der Waals surface area contributed by atoms with Crippen LogP contribution in [0.15, 0.2) is 0 Å². The Morgan fingerprint density at radius 2 is 2.33 bits per heavy atom. The van der Waals surface area contributed by atoms with Crippen molar-refractivity contribution in [1.29, 1.82) is 0 Å². The van der Waals surface area contributed by atoms with Gasteiger partial charge in [-0.2, -0.15) is 0 Å². The van der Waals surface area contributed by atoms with Crippen LogP contribution in [-0.4, -0.2) is 25.3 Å². The molecule has 0 aromatic carbocycles. The Morgan fingerprint density at radius 1 is 1.33 bits per heavy atom. The van der Waals surface area contributed by atoms with Crippen molar-refractivity contribution in [2.24, 2.45) is 11.8 Å². The molecular formula is C7H11NO. The van der Waals surface area contributed by atoms with E-state index in [0.29, 0.717) is 6.10 Å². The second-order valence-corrected chi connectivity index (χ2v) is 3.39. The van der Waals surface area contributed by atoms with Crippen LogP contribution in [0.2, 0.25) is 0 Å². The molecule has 3 fully saturated rings. The second-order valence-electron chi connectivity index (χ2n) is 3.39. The minimum Gasteiger partial charge on any atom is -0.377 e. The van der Waals surface area contributed by atoms with Crippen LogP contribution in [0, 0.1) is 11.8 Å². The summed E-state index contributed by atoms with van der Waals surface area (Å²) in [5.74, 6) is 1.79. The second kappa shape index (κ2) is 1.32. The van der Waals surface area contributed by atoms with Crippen LogP contribution in [0.5, 0.6) is 0 Å². The predicted octanol–water partition coefficient (Wildman–Crippen LogP) is -0.00690. The minimum absolute atomic E-state index is 0.663. The van der Waals surface area contributed by atoms with Crippen LogP contribution in [0.4, 0.5) is 0 Å². The highest BCUT2D eigenvalue weighted by molar-refractivity contribution is 5.12. The number of piperidine rings is 1. The largest absolute Gasteiger partial charge is 0.377 e. The molecule has 0 amide bonds. The van der Waals surface area contributed by atoms with Crippen molar-refractivity contribution >= 4 is 0 Å². The van der Waals surface area contributed by atoms with Gasteiger partial charge in [-0.1, -0.05) is 0 Å². The zero-order chi connectivity index (χ0) is 5.84. The lowest BCUT2D eigenvalue weighted by molar-refractivity contribution is -0.0995. The van der Waals surface area contributed by atoms with E-state index in [-0.39, 0.29) is 0 Å². The molecule has 3 aliphatic rings. The maximum Gasteiger partial charge on any atom is 0.0674 e. The van der Waals surface area contributed by atoms with Crippen molar-refractivity contribution in [1.82, 2.24) is 5.32 Å². The fourth-order valence-corrected chi connectivity index (χ4v) is 2.49. The molecule has 0 radical (unpaired) electrons. The molecule has 50 valence electrons. The van der Waals surface area contributed by atoms with Crippen molar-refractivity contribution in [2.45, 2.75) is 18.6 Å². The SMILES string of the molecule is C1CC2C3NCC3C2O1. The molecule has 9 heavy (non-hydrogen) atoms. The average molecular weight is 125 g/mol. The van der Waals surface area contributed by atoms with Gasteiger partial charge in [-0.25, -0.2) is 0 Å². The smallest absolute Gasteiger partial charge is 0.0674 e. The lowest BCUT2D eigenvalue weighted by Crippen LogP contribution is -2.72. The Bertz CT molecular complexity index is 132. The van der Waals surface area contributed by atoms with E-state index in [2.05, 4.69) is 5.32 Å². The maximum absolute atomic E-state index is 5.55. The van der Waals surface area contributed by atoms with E-state index in [1.807, 2.05) is 0 Å². The molecule has 1 aliphatic carbocycles. The zero-order valence-corrected chi connectivity index (χ0v) is 5.34. The molecule has 3 rings (SSSR count). The van der Waals surface area contributed by atoms with Gasteiger partial charge in [0.15, 0.2) is 0 Å². The van der Waals surface area contributed by atoms with Gasteiger partial charge in [0.2, 0.25) is 0 Å². The molecule has 1 saturated carbocycles. The number of nitrogens with one attached hydrogen (secondary N) is 1. The quantitative estimate of drug-likeness (QED) is 0.492. The van der Waals surface area contributed by atoms with Crippen LogP contribution in [0.3, 0.4) is 0 Å². The molecule has 4 atom stereocenters. The highest BCUT2D eigenvalue weighted by atomic mass is 16.5. The van der Waals surface area contributed by atoms with Crippen LogP contribution >= 0.6 is 0 Å². The third kappa shape index (κ3) is 0.383. The first kappa shape index (κ1) is 4.69. The lowest BCUT2D eigenvalue weighted by Gasteiger charge is -2.56. The molecule has 4 unspecified atom stereocenters. The molecule has 0 aromatic rings. The summed E-state index contributed by atoms with van der Waals surface area (Å²) < 4.78 is 5.55. The van der Waals surface area contributed by atoms with E-state index in [1.54, 1.807) is 0 Å². The number of ether oxygens (including phenoxy) is 1. The van der Waals surface area contributed by atoms with Gasteiger partial charge >= 0.3 is 0 Å². The van der Waals surface area contributed by atoms with Crippen molar-refractivity contribution in [2.75, 3.05) is 13.2 Å². The fraction of sp³-hybridized carbons (Fsp3) is 1.00. The molecule has 2 heteroatoms. The van der Waals surface area contributed by atoms with Crippen LogP contribution in [0.1, 0.15) is 6.42 Å². The lowest BCUT2D eigenvalue weighted by atomic mass is 9.62. The Hall–Kier alpha value is -0.0800. The normalized spacial score (nSPS) is 61.3. The molecular weight excluding hydrogens is 114 g/mol. The van der Waals surface area contributed by atoms with Gasteiger partial charge in [0.25, 0.3) is 0 Å². The summed E-state index contributed by atoms with van der Waals surface area (Å²) in [6.07, 6.45) is 1.97. The van der Waals surface area contributed by atoms with Gasteiger partial charge in [0.1, 0.15) is 0 Å². The van der Waals surface area contributed by atoms with Gasteiger partial charge in [-0.3, -0.25) is 0 Å². The Labute approximate surface area is 54.6 Å². The standard InChI is InChI=1S/C7H11NO/c1-2-9-7-4(1)6-5(7)3-8-6/h4-8H,1-3H2. The van der Waals surface area contributed by atoms with Crippen LogP contribution in [0.25, 0.3) is 0 Å². The Kier molecular flexibility index (Phi) is 0.691. The minimum atomic E-state index is 0.663. The van der Waals surface area contributed by atoms with Crippen molar-refractivity contribution in [3.8, 4) is 0 Å². The van der Waals surface area contributed by atoms with Crippen molar-refractivity contribution in [3.05, 3.63) is 0 Å². The molecule has 1 N–H and O–H groups in total. The third-order valence-corrected chi connectivity index (χ3v) is 3.12. The summed E-state index contributed by atoms with van der Waals surface area (Å²) in [5.41, 5.74) is 0. The summed E-state index contributed by atoms with van der Waals surface area (Å²) in [4.78, 5) is 0. The topological polar surface area (TPSA) is 21.3 Å². The third-order valence-electron chi connectivity index (χ3n) is 3.12. The summed E-state index contributed by atoms with van der Waals surface area (Å²) in [6.45, 7) is 2.23. The predicted molar refractivity (Wildman–Crippen MR) is 33.1 cm³/mol. The molecule has 0 spiro atoms. The summed E-state index contributed by atoms with van der Waals surface area (Å²) in [7, 11) is 0. The van der Waals surface area contributed by atoms with E-state index >= 15 is 0 Å². The number of hydrogen-bond acceptors (Lipinski definition) is 2. The monoisotopic (exact) mass is 125 g/mol. The molecule has 2 nitrogen and oxygen atoms in total. The molecule has 0 aromatic heterocycles. The summed E-state index contributed by atoms with van der Waals surface area (Å²) in [5, 5.41) is 3.44. The molecule has 0 bridgehead atoms. The summed E-state index contributed by atoms with van der Waals surface area (Å²) in [6, 6.07) is 0.859. The molecule has 2 aliphatic heterocycles.